The number of nitrogens with zero attached hydrogens (tertiary/aromatic N) is 2. The van der Waals surface area contributed by atoms with Crippen LogP contribution in [0.5, 0.6) is 5.75 Å². The molecule has 0 spiro atoms. The maximum atomic E-state index is 10.1. The summed E-state index contributed by atoms with van der Waals surface area (Å²) in [7, 11) is 0. The third-order valence-corrected chi connectivity index (χ3v) is 4.12. The van der Waals surface area contributed by atoms with Crippen molar-refractivity contribution in [2.75, 3.05) is 30.4 Å². The Labute approximate surface area is 166 Å². The zero-order valence-electron chi connectivity index (χ0n) is 16.9. The van der Waals surface area contributed by atoms with Gasteiger partial charge in [-0.3, -0.25) is 0 Å². The van der Waals surface area contributed by atoms with Crippen LogP contribution in [0.25, 0.3) is 11.3 Å². The number of ether oxygens (including phenoxy) is 1. The number of aliphatic hydroxyl groups excluding tert-OH is 1. The van der Waals surface area contributed by atoms with Gasteiger partial charge in [-0.1, -0.05) is 27.2 Å². The minimum absolute atomic E-state index is 0.186. The van der Waals surface area contributed by atoms with Crippen LogP contribution in [0.2, 0.25) is 0 Å². The van der Waals surface area contributed by atoms with Crippen molar-refractivity contribution in [3.63, 3.8) is 0 Å². The normalized spacial score (nSPS) is 12.1. The molecule has 1 unspecified atom stereocenters. The number of hydrazine groups is 1. The molecule has 0 saturated heterocycles. The largest absolute Gasteiger partial charge is 0.490 e. The van der Waals surface area contributed by atoms with Gasteiger partial charge in [0, 0.05) is 30.4 Å². The van der Waals surface area contributed by atoms with E-state index in [-0.39, 0.29) is 6.61 Å². The molecule has 0 fully saturated rings. The van der Waals surface area contributed by atoms with E-state index in [1.807, 2.05) is 38.1 Å². The first-order valence-corrected chi connectivity index (χ1v) is 9.76. The third kappa shape index (κ3) is 6.95. The Morgan fingerprint density at radius 3 is 2.64 bits per heavy atom. The first-order chi connectivity index (χ1) is 13.5. The number of benzene rings is 1. The summed E-state index contributed by atoms with van der Waals surface area (Å²) in [4.78, 5) is 0. The third-order valence-electron chi connectivity index (χ3n) is 4.12. The second kappa shape index (κ2) is 11.4. The van der Waals surface area contributed by atoms with Crippen LogP contribution in [0, 0.1) is 0 Å². The number of nitrogens with one attached hydrogen (secondary N) is 3. The number of aliphatic hydroxyl groups is 1. The number of aromatic nitrogens is 2. The van der Waals surface area contributed by atoms with Crippen LogP contribution < -0.4 is 26.6 Å². The molecule has 28 heavy (non-hydrogen) atoms. The molecule has 1 heterocycles. The van der Waals surface area contributed by atoms with Gasteiger partial charge in [-0.05, 0) is 36.8 Å². The molecule has 2 aromatic rings. The van der Waals surface area contributed by atoms with Gasteiger partial charge in [-0.15, -0.1) is 10.2 Å². The van der Waals surface area contributed by atoms with Crippen molar-refractivity contribution >= 4 is 11.5 Å². The number of nitrogens with two attached hydrogens (primary N) is 1. The highest BCUT2D eigenvalue weighted by Gasteiger charge is 2.13. The predicted octanol–water partition coefficient (Wildman–Crippen LogP) is 2.38. The van der Waals surface area contributed by atoms with Crippen molar-refractivity contribution in [2.45, 2.75) is 45.8 Å². The predicted molar refractivity (Wildman–Crippen MR) is 113 cm³/mol. The van der Waals surface area contributed by atoms with Crippen molar-refractivity contribution in [3.8, 4) is 17.0 Å². The number of anilines is 2. The molecule has 0 bridgehead atoms. The second-order valence-corrected chi connectivity index (χ2v) is 6.97. The van der Waals surface area contributed by atoms with E-state index in [1.54, 1.807) is 6.07 Å². The Bertz CT molecular complexity index is 708. The standard InChI is InChI=1S/C20H32N6O2/c1-4-5-10-22-15-6-8-19(28-13-16(27)12-23-14(2)3)17(11-15)18-7-9-20(24-21)26-25-18/h6-9,11,14,16,22-23,27H,4-5,10,12-13,21H2,1-3H3,(H,24,26). The Morgan fingerprint density at radius 1 is 1.18 bits per heavy atom. The van der Waals surface area contributed by atoms with Crippen molar-refractivity contribution in [2.24, 2.45) is 5.84 Å². The lowest BCUT2D eigenvalue weighted by Gasteiger charge is -2.17. The minimum Gasteiger partial charge on any atom is -0.490 e. The van der Waals surface area contributed by atoms with Gasteiger partial charge in [0.2, 0.25) is 0 Å². The molecule has 2 rings (SSSR count). The number of rotatable bonds is 12. The summed E-state index contributed by atoms with van der Waals surface area (Å²) in [5.41, 5.74) is 4.94. The topological polar surface area (TPSA) is 117 Å². The van der Waals surface area contributed by atoms with Crippen molar-refractivity contribution in [1.29, 1.82) is 0 Å². The maximum Gasteiger partial charge on any atom is 0.162 e. The second-order valence-electron chi connectivity index (χ2n) is 6.97. The molecule has 0 aliphatic carbocycles. The van der Waals surface area contributed by atoms with E-state index < -0.39 is 6.10 Å². The van der Waals surface area contributed by atoms with Gasteiger partial charge in [0.25, 0.3) is 0 Å². The van der Waals surface area contributed by atoms with E-state index in [9.17, 15) is 5.11 Å². The molecule has 154 valence electrons. The van der Waals surface area contributed by atoms with Gasteiger partial charge in [0.1, 0.15) is 18.5 Å². The van der Waals surface area contributed by atoms with Crippen LogP contribution in [-0.2, 0) is 0 Å². The van der Waals surface area contributed by atoms with E-state index in [0.717, 1.165) is 30.6 Å². The minimum atomic E-state index is -0.604. The molecule has 1 atom stereocenters. The molecule has 1 aromatic heterocycles. The fourth-order valence-electron chi connectivity index (χ4n) is 2.55. The van der Waals surface area contributed by atoms with Gasteiger partial charge in [-0.2, -0.15) is 0 Å². The molecule has 0 radical (unpaired) electrons. The fraction of sp³-hybridized carbons (Fsp3) is 0.500. The lowest BCUT2D eigenvalue weighted by Crippen LogP contribution is -2.35. The maximum absolute atomic E-state index is 10.1. The number of nitrogen functional groups attached to an aromatic ring is 1. The summed E-state index contributed by atoms with van der Waals surface area (Å²) >= 11 is 0. The zero-order chi connectivity index (χ0) is 20.4. The van der Waals surface area contributed by atoms with Crippen LogP contribution >= 0.6 is 0 Å². The van der Waals surface area contributed by atoms with Gasteiger partial charge in [0.05, 0.1) is 5.69 Å². The average Bonchev–Trinajstić information content (AvgIpc) is 2.71. The van der Waals surface area contributed by atoms with Crippen molar-refractivity contribution in [1.82, 2.24) is 15.5 Å². The average molecular weight is 389 g/mol. The molecular formula is C20H32N6O2. The fourth-order valence-corrected chi connectivity index (χ4v) is 2.55. The Morgan fingerprint density at radius 2 is 2.00 bits per heavy atom. The molecule has 1 aromatic carbocycles. The van der Waals surface area contributed by atoms with E-state index in [1.165, 1.54) is 0 Å². The summed E-state index contributed by atoms with van der Waals surface area (Å²) in [5.74, 6) is 6.50. The molecule has 6 N–H and O–H groups in total. The first kappa shape index (κ1) is 21.9. The summed E-state index contributed by atoms with van der Waals surface area (Å²) in [5, 5.41) is 25.0. The van der Waals surface area contributed by atoms with Crippen molar-refractivity contribution in [3.05, 3.63) is 30.3 Å². The van der Waals surface area contributed by atoms with Gasteiger partial charge in [-0.25, -0.2) is 5.84 Å². The highest BCUT2D eigenvalue weighted by Crippen LogP contribution is 2.32. The molecule has 0 saturated carbocycles. The van der Waals surface area contributed by atoms with E-state index in [0.29, 0.717) is 29.8 Å². The molecular weight excluding hydrogens is 356 g/mol. The molecule has 8 heteroatoms. The number of hydrogen-bond acceptors (Lipinski definition) is 8. The summed E-state index contributed by atoms with van der Waals surface area (Å²) in [6.45, 7) is 7.79. The van der Waals surface area contributed by atoms with Crippen LogP contribution in [0.3, 0.4) is 0 Å². The Kier molecular flexibility index (Phi) is 8.93. The molecule has 0 aliphatic heterocycles. The van der Waals surface area contributed by atoms with Crippen LogP contribution in [0.4, 0.5) is 11.5 Å². The summed E-state index contributed by atoms with van der Waals surface area (Å²) < 4.78 is 5.90. The van der Waals surface area contributed by atoms with Crippen LogP contribution in [-0.4, -0.2) is 47.1 Å². The highest BCUT2D eigenvalue weighted by molar-refractivity contribution is 5.72. The van der Waals surface area contributed by atoms with E-state index >= 15 is 0 Å². The molecule has 8 nitrogen and oxygen atoms in total. The smallest absolute Gasteiger partial charge is 0.162 e. The lowest BCUT2D eigenvalue weighted by molar-refractivity contribution is 0.105. The zero-order valence-corrected chi connectivity index (χ0v) is 16.9. The van der Waals surface area contributed by atoms with Crippen LogP contribution in [0.1, 0.15) is 33.6 Å². The van der Waals surface area contributed by atoms with Crippen LogP contribution in [0.15, 0.2) is 30.3 Å². The number of hydrogen-bond donors (Lipinski definition) is 5. The van der Waals surface area contributed by atoms with Gasteiger partial charge in [0.15, 0.2) is 5.82 Å². The Balaban J connectivity index is 2.17. The van der Waals surface area contributed by atoms with E-state index in [4.69, 9.17) is 10.6 Å². The molecule has 0 aliphatic rings. The SMILES string of the molecule is CCCCNc1ccc(OCC(O)CNC(C)C)c(-c2ccc(NN)nn2)c1. The molecule has 0 amide bonds. The number of unbranched alkanes of at least 4 members (excludes halogenated alkanes) is 1. The van der Waals surface area contributed by atoms with Gasteiger partial charge >= 0.3 is 0 Å². The monoisotopic (exact) mass is 388 g/mol. The highest BCUT2D eigenvalue weighted by atomic mass is 16.5. The van der Waals surface area contributed by atoms with Crippen molar-refractivity contribution < 1.29 is 9.84 Å². The lowest BCUT2D eigenvalue weighted by atomic mass is 10.1. The summed E-state index contributed by atoms with van der Waals surface area (Å²) in [6, 6.07) is 9.74. The van der Waals surface area contributed by atoms with E-state index in [2.05, 4.69) is 33.2 Å². The summed E-state index contributed by atoms with van der Waals surface area (Å²) in [6.07, 6.45) is 1.62. The Hall–Kier alpha value is -2.42. The van der Waals surface area contributed by atoms with Gasteiger partial charge < -0.3 is 25.9 Å². The quantitative estimate of drug-likeness (QED) is 0.214. The first-order valence-electron chi connectivity index (χ1n) is 9.76.